The molecule has 3 nitrogen and oxygen atoms in total. The molecule has 1 aromatic heterocycles. The van der Waals surface area contributed by atoms with Crippen molar-refractivity contribution in [1.82, 2.24) is 10.3 Å². The SMILES string of the molecule is CCNCc1ccc(N(C)CCc2ccccn2)c(Cl)c1. The first kappa shape index (κ1) is 15.8. The quantitative estimate of drug-likeness (QED) is 0.848. The standard InChI is InChI=1S/C17H22ClN3/c1-3-19-13-14-7-8-17(16(18)12-14)21(2)11-9-15-6-4-5-10-20-15/h4-8,10,12,19H,3,9,11,13H2,1-2H3. The third kappa shape index (κ3) is 4.73. The molecule has 0 fully saturated rings. The van der Waals surface area contributed by atoms with Crippen LogP contribution < -0.4 is 10.2 Å². The highest BCUT2D eigenvalue weighted by atomic mass is 35.5. The molecule has 0 amide bonds. The van der Waals surface area contributed by atoms with Gasteiger partial charge in [0.2, 0.25) is 0 Å². The van der Waals surface area contributed by atoms with Crippen molar-refractivity contribution >= 4 is 17.3 Å². The lowest BCUT2D eigenvalue weighted by atomic mass is 10.2. The van der Waals surface area contributed by atoms with Gasteiger partial charge in [0.1, 0.15) is 0 Å². The lowest BCUT2D eigenvalue weighted by Crippen LogP contribution is -2.21. The molecule has 2 aromatic rings. The number of likely N-dealkylation sites (N-methyl/N-ethyl adjacent to an activating group) is 1. The van der Waals surface area contributed by atoms with Crippen LogP contribution in [0.5, 0.6) is 0 Å². The van der Waals surface area contributed by atoms with E-state index in [0.717, 1.165) is 42.5 Å². The van der Waals surface area contributed by atoms with E-state index in [4.69, 9.17) is 11.6 Å². The number of halogens is 1. The van der Waals surface area contributed by atoms with Gasteiger partial charge in [0.15, 0.2) is 0 Å². The van der Waals surface area contributed by atoms with Crippen LogP contribution in [0.3, 0.4) is 0 Å². The highest BCUT2D eigenvalue weighted by molar-refractivity contribution is 6.33. The second kappa shape index (κ2) is 8.01. The number of pyridine rings is 1. The lowest BCUT2D eigenvalue weighted by Gasteiger charge is -2.21. The smallest absolute Gasteiger partial charge is 0.0642 e. The molecule has 1 aromatic carbocycles. The van der Waals surface area contributed by atoms with Gasteiger partial charge in [0.05, 0.1) is 10.7 Å². The van der Waals surface area contributed by atoms with Gasteiger partial charge in [-0.05, 0) is 36.4 Å². The molecule has 21 heavy (non-hydrogen) atoms. The summed E-state index contributed by atoms with van der Waals surface area (Å²) < 4.78 is 0. The fourth-order valence-corrected chi connectivity index (χ4v) is 2.54. The minimum Gasteiger partial charge on any atom is -0.373 e. The summed E-state index contributed by atoms with van der Waals surface area (Å²) in [6.45, 7) is 4.81. The van der Waals surface area contributed by atoms with Gasteiger partial charge in [-0.2, -0.15) is 0 Å². The summed E-state index contributed by atoms with van der Waals surface area (Å²) in [5, 5.41) is 4.11. The molecule has 0 aliphatic carbocycles. The number of aromatic nitrogens is 1. The third-order valence-corrected chi connectivity index (χ3v) is 3.73. The van der Waals surface area contributed by atoms with E-state index in [2.05, 4.69) is 47.4 Å². The Morgan fingerprint density at radius 3 is 2.76 bits per heavy atom. The molecule has 0 unspecified atom stereocenters. The van der Waals surface area contributed by atoms with Gasteiger partial charge < -0.3 is 10.2 Å². The minimum absolute atomic E-state index is 0.800. The van der Waals surface area contributed by atoms with E-state index < -0.39 is 0 Å². The number of nitrogens with one attached hydrogen (secondary N) is 1. The number of benzene rings is 1. The van der Waals surface area contributed by atoms with Gasteiger partial charge in [-0.25, -0.2) is 0 Å². The maximum Gasteiger partial charge on any atom is 0.0642 e. The first-order chi connectivity index (χ1) is 10.2. The summed E-state index contributed by atoms with van der Waals surface area (Å²) in [5.41, 5.74) is 3.38. The summed E-state index contributed by atoms with van der Waals surface area (Å²) in [6.07, 6.45) is 2.74. The largest absolute Gasteiger partial charge is 0.373 e. The van der Waals surface area contributed by atoms with E-state index >= 15 is 0 Å². The fourth-order valence-electron chi connectivity index (χ4n) is 2.19. The van der Waals surface area contributed by atoms with Crippen LogP contribution in [-0.2, 0) is 13.0 Å². The molecule has 112 valence electrons. The summed E-state index contributed by atoms with van der Waals surface area (Å²) in [7, 11) is 2.06. The number of anilines is 1. The number of hydrogen-bond donors (Lipinski definition) is 1. The fraction of sp³-hybridized carbons (Fsp3) is 0.353. The van der Waals surface area contributed by atoms with E-state index in [9.17, 15) is 0 Å². The summed E-state index contributed by atoms with van der Waals surface area (Å²) in [4.78, 5) is 6.52. The molecule has 0 bridgehead atoms. The molecule has 0 saturated carbocycles. The van der Waals surface area contributed by atoms with Crippen LogP contribution in [0.4, 0.5) is 5.69 Å². The number of nitrogens with zero attached hydrogens (tertiary/aromatic N) is 2. The second-order valence-corrected chi connectivity index (χ2v) is 5.47. The Balaban J connectivity index is 1.97. The van der Waals surface area contributed by atoms with Crippen molar-refractivity contribution in [1.29, 1.82) is 0 Å². The van der Waals surface area contributed by atoms with Gasteiger partial charge in [-0.3, -0.25) is 4.98 Å². The van der Waals surface area contributed by atoms with Crippen molar-refractivity contribution < 1.29 is 0 Å². The summed E-state index contributed by atoms with van der Waals surface area (Å²) in [6, 6.07) is 12.3. The molecule has 1 N–H and O–H groups in total. The van der Waals surface area contributed by atoms with Crippen molar-refractivity contribution in [2.45, 2.75) is 19.9 Å². The molecule has 0 spiro atoms. The zero-order valence-electron chi connectivity index (χ0n) is 12.6. The first-order valence-corrected chi connectivity index (χ1v) is 7.68. The normalized spacial score (nSPS) is 10.6. The Bertz CT molecular complexity index is 557. The lowest BCUT2D eigenvalue weighted by molar-refractivity contribution is 0.726. The van der Waals surface area contributed by atoms with Crippen molar-refractivity contribution in [3.05, 3.63) is 58.9 Å². The van der Waals surface area contributed by atoms with E-state index in [-0.39, 0.29) is 0 Å². The predicted molar refractivity (Wildman–Crippen MR) is 90.0 cm³/mol. The highest BCUT2D eigenvalue weighted by Crippen LogP contribution is 2.26. The van der Waals surface area contributed by atoms with E-state index in [0.29, 0.717) is 0 Å². The molecule has 0 saturated heterocycles. The molecule has 0 aliphatic heterocycles. The van der Waals surface area contributed by atoms with Crippen LogP contribution in [-0.4, -0.2) is 25.1 Å². The topological polar surface area (TPSA) is 28.2 Å². The van der Waals surface area contributed by atoms with Crippen LogP contribution in [0, 0.1) is 0 Å². The van der Waals surface area contributed by atoms with Gasteiger partial charge in [0.25, 0.3) is 0 Å². The monoisotopic (exact) mass is 303 g/mol. The van der Waals surface area contributed by atoms with Crippen LogP contribution in [0.15, 0.2) is 42.6 Å². The van der Waals surface area contributed by atoms with Crippen molar-refractivity contribution in [3.63, 3.8) is 0 Å². The van der Waals surface area contributed by atoms with E-state index in [1.807, 2.05) is 24.4 Å². The molecule has 0 atom stereocenters. The summed E-state index contributed by atoms with van der Waals surface area (Å²) in [5.74, 6) is 0. The Labute approximate surface area is 132 Å². The van der Waals surface area contributed by atoms with Gasteiger partial charge in [-0.15, -0.1) is 0 Å². The van der Waals surface area contributed by atoms with Crippen molar-refractivity contribution in [3.8, 4) is 0 Å². The molecular weight excluding hydrogens is 282 g/mol. The van der Waals surface area contributed by atoms with Gasteiger partial charge in [-0.1, -0.05) is 30.7 Å². The zero-order valence-corrected chi connectivity index (χ0v) is 13.4. The second-order valence-electron chi connectivity index (χ2n) is 5.06. The minimum atomic E-state index is 0.800. The average molecular weight is 304 g/mol. The Kier molecular flexibility index (Phi) is 6.03. The van der Waals surface area contributed by atoms with Crippen LogP contribution in [0.25, 0.3) is 0 Å². The zero-order chi connectivity index (χ0) is 15.1. The summed E-state index contributed by atoms with van der Waals surface area (Å²) >= 11 is 6.40. The highest BCUT2D eigenvalue weighted by Gasteiger charge is 2.07. The number of rotatable bonds is 7. The van der Waals surface area contributed by atoms with Crippen LogP contribution in [0.1, 0.15) is 18.2 Å². The first-order valence-electron chi connectivity index (χ1n) is 7.31. The molecule has 2 rings (SSSR count). The van der Waals surface area contributed by atoms with Crippen molar-refractivity contribution in [2.24, 2.45) is 0 Å². The Morgan fingerprint density at radius 1 is 1.24 bits per heavy atom. The molecule has 4 heteroatoms. The third-order valence-electron chi connectivity index (χ3n) is 3.43. The van der Waals surface area contributed by atoms with Gasteiger partial charge in [0, 0.05) is 38.4 Å². The number of hydrogen-bond acceptors (Lipinski definition) is 3. The van der Waals surface area contributed by atoms with Crippen LogP contribution >= 0.6 is 11.6 Å². The maximum absolute atomic E-state index is 6.40. The van der Waals surface area contributed by atoms with E-state index in [1.165, 1.54) is 5.56 Å². The maximum atomic E-state index is 6.40. The molecule has 1 heterocycles. The molecule has 0 radical (unpaired) electrons. The van der Waals surface area contributed by atoms with Gasteiger partial charge >= 0.3 is 0 Å². The Morgan fingerprint density at radius 2 is 2.10 bits per heavy atom. The Hall–Kier alpha value is -1.58. The van der Waals surface area contributed by atoms with Crippen LogP contribution in [0.2, 0.25) is 5.02 Å². The van der Waals surface area contributed by atoms with Crippen molar-refractivity contribution in [2.75, 3.05) is 25.0 Å². The molecule has 0 aliphatic rings. The molecular formula is C17H22ClN3. The average Bonchev–Trinajstić information content (AvgIpc) is 2.51. The van der Waals surface area contributed by atoms with E-state index in [1.54, 1.807) is 0 Å². The predicted octanol–water partition coefficient (Wildman–Crippen LogP) is 3.52.